The lowest BCUT2D eigenvalue weighted by molar-refractivity contribution is -0.159. The Hall–Kier alpha value is -0.350. The summed E-state index contributed by atoms with van der Waals surface area (Å²) in [5, 5.41) is 0. The summed E-state index contributed by atoms with van der Waals surface area (Å²) in [6.45, 7) is 8.66. The summed E-state index contributed by atoms with van der Waals surface area (Å²) in [4.78, 5) is 12.6. The standard InChI is InChI=1S/C20H26Br2O2/c1-11-12(2)18-6-13(11)5-14(18)7-19(23)24-20(3,4)15-8-16(21)10-17(22)9-15/h8-14,18H,5-7H2,1-4H3. The van der Waals surface area contributed by atoms with Crippen LogP contribution in [0.1, 0.15) is 52.5 Å². The number of esters is 1. The first kappa shape index (κ1) is 18.4. The van der Waals surface area contributed by atoms with E-state index < -0.39 is 5.60 Å². The zero-order valence-electron chi connectivity index (χ0n) is 14.8. The highest BCUT2D eigenvalue weighted by Gasteiger charge is 2.49. The number of halogens is 2. The smallest absolute Gasteiger partial charge is 0.306 e. The molecule has 24 heavy (non-hydrogen) atoms. The zero-order chi connectivity index (χ0) is 17.6. The quantitative estimate of drug-likeness (QED) is 0.495. The van der Waals surface area contributed by atoms with Gasteiger partial charge in [0.05, 0.1) is 0 Å². The zero-order valence-corrected chi connectivity index (χ0v) is 18.0. The average molecular weight is 458 g/mol. The van der Waals surface area contributed by atoms with Gasteiger partial charge in [-0.2, -0.15) is 0 Å². The van der Waals surface area contributed by atoms with Crippen molar-refractivity contribution < 1.29 is 9.53 Å². The van der Waals surface area contributed by atoms with Gasteiger partial charge in [0.15, 0.2) is 0 Å². The molecule has 2 bridgehead atoms. The van der Waals surface area contributed by atoms with Crippen LogP contribution in [0.5, 0.6) is 0 Å². The molecule has 2 nitrogen and oxygen atoms in total. The number of hydrogen-bond acceptors (Lipinski definition) is 2. The van der Waals surface area contributed by atoms with Gasteiger partial charge in [-0.05, 0) is 80.0 Å². The van der Waals surface area contributed by atoms with E-state index >= 15 is 0 Å². The molecular weight excluding hydrogens is 432 g/mol. The van der Waals surface area contributed by atoms with Crippen molar-refractivity contribution in [3.63, 3.8) is 0 Å². The molecule has 0 aliphatic heterocycles. The van der Waals surface area contributed by atoms with E-state index in [0.29, 0.717) is 18.3 Å². The lowest BCUT2D eigenvalue weighted by atomic mass is 9.74. The van der Waals surface area contributed by atoms with Crippen molar-refractivity contribution in [3.05, 3.63) is 32.7 Å². The molecule has 1 aromatic rings. The highest BCUT2D eigenvalue weighted by Crippen LogP contribution is 2.56. The molecule has 0 heterocycles. The van der Waals surface area contributed by atoms with Crippen molar-refractivity contribution in [2.24, 2.45) is 29.6 Å². The van der Waals surface area contributed by atoms with Crippen LogP contribution >= 0.6 is 31.9 Å². The van der Waals surface area contributed by atoms with Crippen molar-refractivity contribution in [2.75, 3.05) is 0 Å². The maximum atomic E-state index is 12.6. The minimum absolute atomic E-state index is 0.0616. The topological polar surface area (TPSA) is 26.3 Å². The predicted molar refractivity (Wildman–Crippen MR) is 104 cm³/mol. The Morgan fingerprint density at radius 3 is 2.29 bits per heavy atom. The number of carbonyl (C=O) groups excluding carboxylic acids is 1. The van der Waals surface area contributed by atoms with Gasteiger partial charge in [-0.15, -0.1) is 0 Å². The van der Waals surface area contributed by atoms with Crippen LogP contribution in [0.4, 0.5) is 0 Å². The lowest BCUT2D eigenvalue weighted by Crippen LogP contribution is -2.30. The molecule has 0 aromatic heterocycles. The van der Waals surface area contributed by atoms with E-state index in [2.05, 4.69) is 45.7 Å². The van der Waals surface area contributed by atoms with Crippen molar-refractivity contribution in [3.8, 4) is 0 Å². The third-order valence-corrected chi connectivity index (χ3v) is 7.31. The molecule has 2 aliphatic rings. The minimum Gasteiger partial charge on any atom is -0.455 e. The Morgan fingerprint density at radius 1 is 1.12 bits per heavy atom. The number of rotatable bonds is 4. The largest absolute Gasteiger partial charge is 0.455 e. The van der Waals surface area contributed by atoms with Gasteiger partial charge in [-0.3, -0.25) is 4.79 Å². The van der Waals surface area contributed by atoms with Crippen molar-refractivity contribution >= 4 is 37.8 Å². The van der Waals surface area contributed by atoms with Crippen LogP contribution < -0.4 is 0 Å². The Labute approximate surface area is 162 Å². The Morgan fingerprint density at radius 2 is 1.75 bits per heavy atom. The van der Waals surface area contributed by atoms with Crippen molar-refractivity contribution in [2.45, 2.75) is 52.6 Å². The first-order valence-corrected chi connectivity index (χ1v) is 10.4. The van der Waals surface area contributed by atoms with Gasteiger partial charge in [0.25, 0.3) is 0 Å². The Balaban J connectivity index is 1.64. The second-order valence-electron chi connectivity index (χ2n) is 8.22. The second kappa shape index (κ2) is 6.75. The molecule has 0 saturated heterocycles. The van der Waals surface area contributed by atoms with E-state index in [0.717, 1.165) is 32.3 Å². The fourth-order valence-electron chi connectivity index (χ4n) is 4.83. The van der Waals surface area contributed by atoms with E-state index in [1.54, 1.807) is 0 Å². The van der Waals surface area contributed by atoms with E-state index in [1.807, 2.05) is 32.0 Å². The SMILES string of the molecule is CC1C2CC(CC(=O)OC(C)(C)c3cc(Br)cc(Br)c3)C(C2)C1C. The summed E-state index contributed by atoms with van der Waals surface area (Å²) < 4.78 is 7.84. The highest BCUT2D eigenvalue weighted by molar-refractivity contribution is 9.11. The van der Waals surface area contributed by atoms with Gasteiger partial charge in [0.2, 0.25) is 0 Å². The summed E-state index contributed by atoms with van der Waals surface area (Å²) in [7, 11) is 0. The van der Waals surface area contributed by atoms with Crippen LogP contribution in [-0.2, 0) is 15.1 Å². The van der Waals surface area contributed by atoms with Crippen LogP contribution in [0.25, 0.3) is 0 Å². The Bertz CT molecular complexity index is 618. The van der Waals surface area contributed by atoms with Crippen LogP contribution in [0, 0.1) is 29.6 Å². The maximum Gasteiger partial charge on any atom is 0.306 e. The molecule has 1 aromatic carbocycles. The normalized spacial score (nSPS) is 32.2. The number of ether oxygens (including phenoxy) is 1. The average Bonchev–Trinajstić information content (AvgIpc) is 2.97. The fraction of sp³-hybridized carbons (Fsp3) is 0.650. The monoisotopic (exact) mass is 456 g/mol. The molecule has 0 spiro atoms. The van der Waals surface area contributed by atoms with E-state index in [-0.39, 0.29) is 5.97 Å². The number of fused-ring (bicyclic) bond motifs is 2. The number of benzene rings is 1. The molecule has 2 fully saturated rings. The first-order valence-electron chi connectivity index (χ1n) is 8.86. The summed E-state index contributed by atoms with van der Waals surface area (Å²) in [5.41, 5.74) is 0.368. The summed E-state index contributed by atoms with van der Waals surface area (Å²) in [5.74, 6) is 3.54. The lowest BCUT2D eigenvalue weighted by Gasteiger charge is -2.32. The molecule has 0 amide bonds. The molecule has 5 unspecified atom stereocenters. The Kier molecular flexibility index (Phi) is 5.19. The molecule has 132 valence electrons. The molecule has 2 saturated carbocycles. The minimum atomic E-state index is -0.625. The van der Waals surface area contributed by atoms with Gasteiger partial charge in [-0.25, -0.2) is 0 Å². The van der Waals surface area contributed by atoms with Gasteiger partial charge in [-0.1, -0.05) is 45.7 Å². The highest BCUT2D eigenvalue weighted by atomic mass is 79.9. The summed E-state index contributed by atoms with van der Waals surface area (Å²) >= 11 is 7.01. The molecule has 2 aliphatic carbocycles. The van der Waals surface area contributed by atoms with Crippen molar-refractivity contribution in [1.29, 1.82) is 0 Å². The third-order valence-electron chi connectivity index (χ3n) is 6.39. The van der Waals surface area contributed by atoms with Crippen molar-refractivity contribution in [1.82, 2.24) is 0 Å². The van der Waals surface area contributed by atoms with Gasteiger partial charge >= 0.3 is 5.97 Å². The summed E-state index contributed by atoms with van der Waals surface area (Å²) in [6, 6.07) is 6.01. The van der Waals surface area contributed by atoms with Crippen LogP contribution in [-0.4, -0.2) is 5.97 Å². The van der Waals surface area contributed by atoms with Gasteiger partial charge in [0.1, 0.15) is 5.60 Å². The molecule has 3 rings (SSSR count). The van der Waals surface area contributed by atoms with Gasteiger partial charge < -0.3 is 4.74 Å². The number of carbonyl (C=O) groups is 1. The van der Waals surface area contributed by atoms with E-state index in [9.17, 15) is 4.79 Å². The third kappa shape index (κ3) is 3.60. The van der Waals surface area contributed by atoms with Gasteiger partial charge in [0, 0.05) is 15.4 Å². The maximum absolute atomic E-state index is 12.6. The van der Waals surface area contributed by atoms with Crippen LogP contribution in [0.3, 0.4) is 0 Å². The van der Waals surface area contributed by atoms with E-state index in [4.69, 9.17) is 4.74 Å². The molecule has 0 N–H and O–H groups in total. The summed E-state index contributed by atoms with van der Waals surface area (Å²) in [6.07, 6.45) is 3.08. The first-order chi connectivity index (χ1) is 11.2. The molecule has 0 radical (unpaired) electrons. The molecular formula is C20H26Br2O2. The number of hydrogen-bond donors (Lipinski definition) is 0. The van der Waals surface area contributed by atoms with Crippen LogP contribution in [0.15, 0.2) is 27.1 Å². The molecule has 5 atom stereocenters. The van der Waals surface area contributed by atoms with Crippen LogP contribution in [0.2, 0.25) is 0 Å². The predicted octanol–water partition coefficient (Wildman–Crippen LogP) is 6.31. The fourth-order valence-corrected chi connectivity index (χ4v) is 6.12. The second-order valence-corrected chi connectivity index (χ2v) is 10.1. The molecule has 4 heteroatoms. The van der Waals surface area contributed by atoms with E-state index in [1.165, 1.54) is 12.8 Å².